The van der Waals surface area contributed by atoms with Gasteiger partial charge in [-0.2, -0.15) is 0 Å². The summed E-state index contributed by atoms with van der Waals surface area (Å²) >= 11 is 0. The van der Waals surface area contributed by atoms with Crippen molar-refractivity contribution in [3.8, 4) is 0 Å². The quantitative estimate of drug-likeness (QED) is 0.294. The highest BCUT2D eigenvalue weighted by atomic mass is 16.5. The van der Waals surface area contributed by atoms with Gasteiger partial charge < -0.3 is 4.48 Å². The summed E-state index contributed by atoms with van der Waals surface area (Å²) in [4.78, 5) is 10.8. The van der Waals surface area contributed by atoms with Crippen molar-refractivity contribution in [2.24, 2.45) is 0 Å². The van der Waals surface area contributed by atoms with Gasteiger partial charge >= 0.3 is 0 Å². The van der Waals surface area contributed by atoms with Crippen molar-refractivity contribution >= 4 is 5.91 Å². The lowest BCUT2D eigenvalue weighted by Crippen LogP contribution is -2.37. The van der Waals surface area contributed by atoms with Crippen LogP contribution >= 0.6 is 0 Å². The average molecular weight is 187 g/mol. The third-order valence-corrected chi connectivity index (χ3v) is 1.63. The summed E-state index contributed by atoms with van der Waals surface area (Å²) in [7, 11) is 6.20. The molecule has 0 bridgehead atoms. The summed E-state index contributed by atoms with van der Waals surface area (Å²) in [6.07, 6.45) is 1.88. The lowest BCUT2D eigenvalue weighted by atomic mass is 10.3. The number of rotatable bonds is 5. The summed E-state index contributed by atoms with van der Waals surface area (Å²) in [6, 6.07) is 0. The van der Waals surface area contributed by atoms with Gasteiger partial charge in [-0.05, 0) is 6.08 Å². The second-order valence-corrected chi connectivity index (χ2v) is 4.03. The maximum atomic E-state index is 10.8. The predicted octanol–water partition coefficient (Wildman–Crippen LogP) is 0.486. The van der Waals surface area contributed by atoms with Crippen LogP contribution in [-0.2, 0) is 4.79 Å². The van der Waals surface area contributed by atoms with Crippen LogP contribution in [0.25, 0.3) is 0 Å². The molecular weight excluding hydrogens is 168 g/mol. The summed E-state index contributed by atoms with van der Waals surface area (Å²) in [6.45, 7) is 4.56. The molecule has 0 aliphatic carbocycles. The van der Waals surface area contributed by atoms with Crippen molar-refractivity contribution in [2.75, 3.05) is 34.2 Å². The second-order valence-electron chi connectivity index (χ2n) is 4.03. The van der Waals surface area contributed by atoms with Gasteiger partial charge in [-0.3, -0.25) is 10.0 Å². The minimum atomic E-state index is -0.443. The number of hydroxylamine groups is 2. The van der Waals surface area contributed by atoms with E-state index in [0.717, 1.165) is 23.5 Å². The predicted molar refractivity (Wildman–Crippen MR) is 51.2 cm³/mol. The third kappa shape index (κ3) is 6.31. The van der Waals surface area contributed by atoms with Crippen LogP contribution in [0.5, 0.6) is 0 Å². The smallest absolute Gasteiger partial charge is 0.269 e. The van der Waals surface area contributed by atoms with Gasteiger partial charge in [0.25, 0.3) is 5.91 Å². The molecule has 13 heavy (non-hydrogen) atoms. The molecule has 0 radical (unpaired) electrons. The van der Waals surface area contributed by atoms with Gasteiger partial charge in [-0.25, -0.2) is 5.06 Å². The molecule has 0 aromatic heterocycles. The van der Waals surface area contributed by atoms with Crippen molar-refractivity contribution < 1.29 is 14.5 Å². The number of carbonyl (C=O) groups excluding carboxylic acids is 1. The molecule has 0 aliphatic rings. The summed E-state index contributed by atoms with van der Waals surface area (Å²) in [5.41, 5.74) is 0. The first-order valence-electron chi connectivity index (χ1n) is 4.30. The maximum Gasteiger partial charge on any atom is 0.269 e. The fourth-order valence-electron chi connectivity index (χ4n) is 0.910. The van der Waals surface area contributed by atoms with Crippen LogP contribution in [0.3, 0.4) is 0 Å². The molecule has 0 atom stereocenters. The zero-order valence-corrected chi connectivity index (χ0v) is 8.66. The molecular formula is C9H19N2O2+. The minimum absolute atomic E-state index is 0.361. The molecule has 0 heterocycles. The SMILES string of the molecule is C=CC(=O)N(O)CCC[N+](C)(C)C. The van der Waals surface area contributed by atoms with E-state index in [1.807, 2.05) is 0 Å². The molecule has 0 saturated heterocycles. The highest BCUT2D eigenvalue weighted by Crippen LogP contribution is 1.95. The van der Waals surface area contributed by atoms with Gasteiger partial charge in [-0.1, -0.05) is 6.58 Å². The molecule has 0 aromatic rings. The molecule has 0 rings (SSSR count). The Bertz CT molecular complexity index is 185. The summed E-state index contributed by atoms with van der Waals surface area (Å²) in [5, 5.41) is 9.82. The molecule has 1 N–H and O–H groups in total. The van der Waals surface area contributed by atoms with Crippen molar-refractivity contribution in [3.05, 3.63) is 12.7 Å². The van der Waals surface area contributed by atoms with Crippen LogP contribution in [0.15, 0.2) is 12.7 Å². The van der Waals surface area contributed by atoms with Crippen LogP contribution in [0.1, 0.15) is 6.42 Å². The van der Waals surface area contributed by atoms with Crippen molar-refractivity contribution in [3.63, 3.8) is 0 Å². The standard InChI is InChI=1S/C9H19N2O2/c1-5-9(12)10(13)7-6-8-11(2,3)4/h5,13H,1,6-8H2,2-4H3/q+1. The molecule has 0 aliphatic heterocycles. The Kier molecular flexibility index (Phi) is 4.66. The molecule has 76 valence electrons. The zero-order chi connectivity index (χ0) is 10.5. The summed E-state index contributed by atoms with van der Waals surface area (Å²) < 4.78 is 0.829. The van der Waals surface area contributed by atoms with Gasteiger partial charge in [0.2, 0.25) is 0 Å². The van der Waals surface area contributed by atoms with Gasteiger partial charge in [0.15, 0.2) is 0 Å². The highest BCUT2D eigenvalue weighted by Gasteiger charge is 2.10. The molecule has 4 heteroatoms. The Hall–Kier alpha value is -0.870. The highest BCUT2D eigenvalue weighted by molar-refractivity contribution is 5.85. The topological polar surface area (TPSA) is 40.5 Å². The Labute approximate surface area is 79.6 Å². The molecule has 0 spiro atoms. The van der Waals surface area contributed by atoms with E-state index in [4.69, 9.17) is 5.21 Å². The Morgan fingerprint density at radius 2 is 2.08 bits per heavy atom. The third-order valence-electron chi connectivity index (χ3n) is 1.63. The Morgan fingerprint density at radius 1 is 1.54 bits per heavy atom. The van der Waals surface area contributed by atoms with Gasteiger partial charge in [-0.15, -0.1) is 0 Å². The van der Waals surface area contributed by atoms with Crippen LogP contribution in [0, 0.1) is 0 Å². The Morgan fingerprint density at radius 3 is 2.46 bits per heavy atom. The first kappa shape index (κ1) is 12.1. The first-order chi connectivity index (χ1) is 5.87. The van der Waals surface area contributed by atoms with E-state index in [2.05, 4.69) is 27.7 Å². The average Bonchev–Trinajstić information content (AvgIpc) is 2.00. The fourth-order valence-corrected chi connectivity index (χ4v) is 0.910. The van der Waals surface area contributed by atoms with Crippen LogP contribution in [0.4, 0.5) is 0 Å². The van der Waals surface area contributed by atoms with E-state index < -0.39 is 5.91 Å². The molecule has 0 saturated carbocycles. The van der Waals surface area contributed by atoms with E-state index >= 15 is 0 Å². The lowest BCUT2D eigenvalue weighted by molar-refractivity contribution is -0.870. The fraction of sp³-hybridized carbons (Fsp3) is 0.667. The number of carbonyl (C=O) groups is 1. The van der Waals surface area contributed by atoms with Gasteiger partial charge in [0.1, 0.15) is 0 Å². The van der Waals surface area contributed by atoms with Crippen molar-refractivity contribution in [2.45, 2.75) is 6.42 Å². The number of hydrogen-bond donors (Lipinski definition) is 1. The summed E-state index contributed by atoms with van der Waals surface area (Å²) in [5.74, 6) is -0.443. The van der Waals surface area contributed by atoms with Crippen molar-refractivity contribution in [1.29, 1.82) is 0 Å². The van der Waals surface area contributed by atoms with E-state index in [1.165, 1.54) is 0 Å². The van der Waals surface area contributed by atoms with Crippen LogP contribution in [-0.4, -0.2) is 54.9 Å². The minimum Gasteiger partial charge on any atom is -0.331 e. The van der Waals surface area contributed by atoms with E-state index in [1.54, 1.807) is 0 Å². The Balaban J connectivity index is 3.65. The molecule has 4 nitrogen and oxygen atoms in total. The zero-order valence-electron chi connectivity index (χ0n) is 8.66. The molecule has 0 aromatic carbocycles. The van der Waals surface area contributed by atoms with E-state index in [-0.39, 0.29) is 0 Å². The largest absolute Gasteiger partial charge is 0.331 e. The number of nitrogens with zero attached hydrogens (tertiary/aromatic N) is 2. The van der Waals surface area contributed by atoms with Gasteiger partial charge in [0, 0.05) is 6.42 Å². The normalized spacial score (nSPS) is 11.1. The van der Waals surface area contributed by atoms with Crippen LogP contribution < -0.4 is 0 Å². The molecule has 0 unspecified atom stereocenters. The van der Waals surface area contributed by atoms with Crippen LogP contribution in [0.2, 0.25) is 0 Å². The molecule has 1 amide bonds. The first-order valence-corrected chi connectivity index (χ1v) is 4.30. The second kappa shape index (κ2) is 4.99. The molecule has 0 fully saturated rings. The van der Waals surface area contributed by atoms with E-state index in [9.17, 15) is 4.79 Å². The number of hydrogen-bond acceptors (Lipinski definition) is 2. The maximum absolute atomic E-state index is 10.8. The van der Waals surface area contributed by atoms with E-state index in [0.29, 0.717) is 11.6 Å². The van der Waals surface area contributed by atoms with Crippen molar-refractivity contribution in [1.82, 2.24) is 5.06 Å². The lowest BCUT2D eigenvalue weighted by Gasteiger charge is -2.24. The monoisotopic (exact) mass is 187 g/mol. The number of quaternary nitrogens is 1. The number of amides is 1. The van der Waals surface area contributed by atoms with Gasteiger partial charge in [0.05, 0.1) is 34.2 Å².